The van der Waals surface area contributed by atoms with E-state index in [0.29, 0.717) is 17.9 Å². The molecule has 4 aromatic rings. The predicted octanol–water partition coefficient (Wildman–Crippen LogP) is 4.59. The quantitative estimate of drug-likeness (QED) is 0.495. The number of aromatic nitrogens is 5. The molecule has 0 radical (unpaired) electrons. The molecule has 32 heavy (non-hydrogen) atoms. The van der Waals surface area contributed by atoms with Gasteiger partial charge in [0.05, 0.1) is 6.20 Å². The van der Waals surface area contributed by atoms with E-state index in [4.69, 9.17) is 14.7 Å². The van der Waals surface area contributed by atoms with E-state index in [1.165, 1.54) is 27.7 Å². The molecule has 0 bridgehead atoms. The third kappa shape index (κ3) is 3.35. The Morgan fingerprint density at radius 2 is 1.97 bits per heavy atom. The van der Waals surface area contributed by atoms with Crippen molar-refractivity contribution in [2.24, 2.45) is 0 Å². The Balaban J connectivity index is 1.36. The lowest BCUT2D eigenvalue weighted by Crippen LogP contribution is -2.29. The number of rotatable bonds is 4. The van der Waals surface area contributed by atoms with Gasteiger partial charge in [-0.1, -0.05) is 32.0 Å². The molecule has 0 spiro atoms. The van der Waals surface area contributed by atoms with Crippen LogP contribution in [0.15, 0.2) is 30.5 Å². The predicted molar refractivity (Wildman–Crippen MR) is 125 cm³/mol. The highest BCUT2D eigenvalue weighted by molar-refractivity contribution is 5.85. The smallest absolute Gasteiger partial charge is 0.227 e. The van der Waals surface area contributed by atoms with Crippen molar-refractivity contribution in [2.45, 2.75) is 63.8 Å². The molecule has 3 aromatic heterocycles. The number of aryl methyl sites for hydroxylation is 1. The Hall–Kier alpha value is -2.93. The second-order valence-corrected chi connectivity index (χ2v) is 9.49. The van der Waals surface area contributed by atoms with Crippen LogP contribution >= 0.6 is 0 Å². The van der Waals surface area contributed by atoms with Crippen molar-refractivity contribution in [3.8, 4) is 0 Å². The maximum Gasteiger partial charge on any atom is 0.227 e. The maximum atomic E-state index is 5.58. The molecule has 7 nitrogen and oxygen atoms in total. The van der Waals surface area contributed by atoms with Crippen LogP contribution in [-0.2, 0) is 17.6 Å². The lowest BCUT2D eigenvalue weighted by Gasteiger charge is -2.25. The summed E-state index contributed by atoms with van der Waals surface area (Å²) in [6.45, 7) is 5.95. The Bertz CT molecular complexity index is 1270. The van der Waals surface area contributed by atoms with Gasteiger partial charge in [0, 0.05) is 47.3 Å². The minimum atomic E-state index is 0.314. The van der Waals surface area contributed by atoms with E-state index in [1.807, 2.05) is 10.7 Å². The van der Waals surface area contributed by atoms with Crippen LogP contribution in [0.1, 0.15) is 67.6 Å². The van der Waals surface area contributed by atoms with Gasteiger partial charge in [-0.15, -0.1) is 0 Å². The molecule has 0 saturated carbocycles. The first-order valence-electron chi connectivity index (χ1n) is 11.9. The number of nitrogens with zero attached hydrogens (tertiary/aromatic N) is 4. The lowest BCUT2D eigenvalue weighted by molar-refractivity contribution is 0.0836. The summed E-state index contributed by atoms with van der Waals surface area (Å²) in [5.74, 6) is 2.45. The standard InChI is InChI=1S/C25H30N6O/c1-15(2)20-14-26-31-24(20)29-23(16-9-11-32-12-10-16)30-25(31)27-17-7-8-22-19(13-17)18-5-3-4-6-21(18)28-22/h3-6,14-17,28H,7-13H2,1-2H3,(H,27,29,30). The summed E-state index contributed by atoms with van der Waals surface area (Å²) in [6.07, 6.45) is 6.99. The minimum absolute atomic E-state index is 0.314. The summed E-state index contributed by atoms with van der Waals surface area (Å²) in [7, 11) is 0. The number of H-pyrrole nitrogens is 1. The summed E-state index contributed by atoms with van der Waals surface area (Å²) in [6, 6.07) is 8.93. The van der Waals surface area contributed by atoms with Gasteiger partial charge in [-0.25, -0.2) is 4.98 Å². The van der Waals surface area contributed by atoms with E-state index in [9.17, 15) is 0 Å². The van der Waals surface area contributed by atoms with Crippen molar-refractivity contribution in [1.29, 1.82) is 0 Å². The highest BCUT2D eigenvalue weighted by Crippen LogP contribution is 2.32. The van der Waals surface area contributed by atoms with Gasteiger partial charge < -0.3 is 15.0 Å². The fourth-order valence-electron chi connectivity index (χ4n) is 5.23. The summed E-state index contributed by atoms with van der Waals surface area (Å²) in [5, 5.41) is 9.77. The number of fused-ring (bicyclic) bond motifs is 4. The van der Waals surface area contributed by atoms with Crippen LogP contribution in [-0.4, -0.2) is 43.8 Å². The number of aromatic amines is 1. The molecular weight excluding hydrogens is 400 g/mol. The Morgan fingerprint density at radius 1 is 1.12 bits per heavy atom. The van der Waals surface area contributed by atoms with Crippen molar-refractivity contribution in [1.82, 2.24) is 24.6 Å². The second kappa shape index (κ2) is 7.89. The van der Waals surface area contributed by atoms with Gasteiger partial charge in [-0.3, -0.25) is 0 Å². The number of para-hydroxylation sites is 1. The molecule has 6 rings (SSSR count). The molecule has 166 valence electrons. The van der Waals surface area contributed by atoms with Crippen LogP contribution in [0.4, 0.5) is 5.95 Å². The van der Waals surface area contributed by atoms with E-state index >= 15 is 0 Å². The van der Waals surface area contributed by atoms with Gasteiger partial charge in [0.1, 0.15) is 5.82 Å². The Labute approximate surface area is 187 Å². The van der Waals surface area contributed by atoms with Gasteiger partial charge in [0.25, 0.3) is 0 Å². The summed E-state index contributed by atoms with van der Waals surface area (Å²) in [5.41, 5.74) is 6.15. The molecule has 2 aliphatic rings. The minimum Gasteiger partial charge on any atom is -0.381 e. The molecule has 1 aliphatic carbocycles. The van der Waals surface area contributed by atoms with Crippen molar-refractivity contribution in [3.05, 3.63) is 53.1 Å². The zero-order chi connectivity index (χ0) is 21.7. The first-order valence-corrected chi connectivity index (χ1v) is 11.9. The lowest BCUT2D eigenvalue weighted by atomic mass is 9.91. The second-order valence-electron chi connectivity index (χ2n) is 9.49. The number of anilines is 1. The van der Waals surface area contributed by atoms with Crippen LogP contribution in [0.2, 0.25) is 0 Å². The molecule has 0 amide bonds. The largest absolute Gasteiger partial charge is 0.381 e. The number of hydrogen-bond acceptors (Lipinski definition) is 5. The summed E-state index contributed by atoms with van der Waals surface area (Å²) >= 11 is 0. The van der Waals surface area contributed by atoms with E-state index in [1.54, 1.807) is 0 Å². The van der Waals surface area contributed by atoms with E-state index < -0.39 is 0 Å². The van der Waals surface area contributed by atoms with Crippen LogP contribution < -0.4 is 5.32 Å². The van der Waals surface area contributed by atoms with Crippen LogP contribution in [0, 0.1) is 0 Å². The highest BCUT2D eigenvalue weighted by Gasteiger charge is 2.26. The maximum absolute atomic E-state index is 5.58. The van der Waals surface area contributed by atoms with Crippen LogP contribution in [0.5, 0.6) is 0 Å². The normalized spacial score (nSPS) is 19.7. The van der Waals surface area contributed by atoms with Crippen molar-refractivity contribution >= 4 is 22.5 Å². The Kier molecular flexibility index (Phi) is 4.86. The zero-order valence-electron chi connectivity index (χ0n) is 18.8. The highest BCUT2D eigenvalue weighted by atomic mass is 16.5. The monoisotopic (exact) mass is 430 g/mol. The SMILES string of the molecule is CC(C)c1cnn2c(NC3CCc4[nH]c5ccccc5c4C3)nc(C3CCOCC3)nc12. The van der Waals surface area contributed by atoms with Crippen LogP contribution in [0.25, 0.3) is 16.6 Å². The third-order valence-electron chi connectivity index (χ3n) is 7.05. The molecule has 2 N–H and O–H groups in total. The van der Waals surface area contributed by atoms with Gasteiger partial charge in [-0.05, 0) is 49.7 Å². The molecule has 1 aromatic carbocycles. The first kappa shape index (κ1) is 19.7. The topological polar surface area (TPSA) is 80.1 Å². The van der Waals surface area contributed by atoms with Crippen molar-refractivity contribution < 1.29 is 4.74 Å². The van der Waals surface area contributed by atoms with Crippen molar-refractivity contribution in [2.75, 3.05) is 18.5 Å². The zero-order valence-corrected chi connectivity index (χ0v) is 18.8. The number of benzene rings is 1. The average Bonchev–Trinajstić information content (AvgIpc) is 3.41. The van der Waals surface area contributed by atoms with Crippen molar-refractivity contribution in [3.63, 3.8) is 0 Å². The molecule has 1 saturated heterocycles. The average molecular weight is 431 g/mol. The molecule has 7 heteroatoms. The molecule has 4 heterocycles. The van der Waals surface area contributed by atoms with E-state index in [2.05, 4.69) is 53.5 Å². The van der Waals surface area contributed by atoms with Gasteiger partial charge in [0.15, 0.2) is 5.65 Å². The van der Waals surface area contributed by atoms with E-state index in [0.717, 1.165) is 62.7 Å². The molecule has 1 unspecified atom stereocenters. The van der Waals surface area contributed by atoms with Gasteiger partial charge >= 0.3 is 0 Å². The Morgan fingerprint density at radius 3 is 2.81 bits per heavy atom. The van der Waals surface area contributed by atoms with Gasteiger partial charge in [0.2, 0.25) is 5.95 Å². The van der Waals surface area contributed by atoms with Crippen LogP contribution in [0.3, 0.4) is 0 Å². The third-order valence-corrected chi connectivity index (χ3v) is 7.05. The fraction of sp³-hybridized carbons (Fsp3) is 0.480. The molecular formula is C25H30N6O. The number of hydrogen-bond donors (Lipinski definition) is 2. The first-order chi connectivity index (χ1) is 15.7. The number of ether oxygens (including phenoxy) is 1. The molecule has 1 atom stereocenters. The molecule has 1 aliphatic heterocycles. The summed E-state index contributed by atoms with van der Waals surface area (Å²) < 4.78 is 7.48. The number of nitrogens with one attached hydrogen (secondary N) is 2. The molecule has 1 fully saturated rings. The van der Waals surface area contributed by atoms with Gasteiger partial charge in [-0.2, -0.15) is 14.6 Å². The van der Waals surface area contributed by atoms with E-state index in [-0.39, 0.29) is 0 Å². The fourth-order valence-corrected chi connectivity index (χ4v) is 5.23. The summed E-state index contributed by atoms with van der Waals surface area (Å²) in [4.78, 5) is 13.6.